The van der Waals surface area contributed by atoms with E-state index in [0.717, 1.165) is 0 Å². The Kier molecular flexibility index (Phi) is 7.38. The average Bonchev–Trinajstić information content (AvgIpc) is 2.39. The molecule has 0 aliphatic carbocycles. The lowest BCUT2D eigenvalue weighted by atomic mass is 10.0. The third-order valence-corrected chi connectivity index (χ3v) is 3.27. The normalized spacial score (nSPS) is 13.9. The van der Waals surface area contributed by atoms with E-state index < -0.39 is 12.2 Å². The number of aliphatic hydroxyl groups is 2. The lowest BCUT2D eigenvalue weighted by molar-refractivity contribution is -0.115. The van der Waals surface area contributed by atoms with Gasteiger partial charge >= 0.3 is 0 Å². The van der Waals surface area contributed by atoms with E-state index in [4.69, 9.17) is 11.6 Å². The second-order valence-corrected chi connectivity index (χ2v) is 5.27. The Morgan fingerprint density at radius 3 is 2.47 bits per heavy atom. The van der Waals surface area contributed by atoms with Crippen molar-refractivity contribution in [2.45, 2.75) is 25.0 Å². The molecule has 6 heteroatoms. The minimum atomic E-state index is -0.926. The van der Waals surface area contributed by atoms with Gasteiger partial charge in [0.15, 0.2) is 0 Å². The summed E-state index contributed by atoms with van der Waals surface area (Å²) in [5, 5.41) is 22.9. The van der Waals surface area contributed by atoms with Gasteiger partial charge in [-0.3, -0.25) is 4.79 Å². The molecule has 0 radical (unpaired) electrons. The van der Waals surface area contributed by atoms with Gasteiger partial charge in [-0.05, 0) is 24.1 Å². The summed E-state index contributed by atoms with van der Waals surface area (Å²) in [4.78, 5) is 11.3. The van der Waals surface area contributed by atoms with Crippen molar-refractivity contribution in [1.82, 2.24) is 0 Å². The van der Waals surface area contributed by atoms with Crippen molar-refractivity contribution >= 4 is 39.1 Å². The summed E-state index contributed by atoms with van der Waals surface area (Å²) in [5.41, 5.74) is 1.25. The standard InChI is InChI=1S/C13H17BrClNO3/c14-7-5-11(17)13(19)9-1-3-10(4-2-9)16-12(18)6-8-15/h1-4,11,13,17,19H,5-8H2,(H,16,18). The topological polar surface area (TPSA) is 69.6 Å². The Morgan fingerprint density at radius 2 is 1.95 bits per heavy atom. The van der Waals surface area contributed by atoms with Crippen molar-refractivity contribution in [3.8, 4) is 0 Å². The second-order valence-electron chi connectivity index (χ2n) is 4.10. The summed E-state index contributed by atoms with van der Waals surface area (Å²) in [6, 6.07) is 6.73. The van der Waals surface area contributed by atoms with Crippen molar-refractivity contribution in [2.24, 2.45) is 0 Å². The molecule has 0 saturated heterocycles. The summed E-state index contributed by atoms with van der Waals surface area (Å²) in [6.07, 6.45) is -1.01. The SMILES string of the molecule is O=C(CCCl)Nc1ccc(C(O)C(O)CCBr)cc1. The summed E-state index contributed by atoms with van der Waals surface area (Å²) >= 11 is 8.68. The minimum absolute atomic E-state index is 0.150. The van der Waals surface area contributed by atoms with Crippen molar-refractivity contribution in [3.63, 3.8) is 0 Å². The van der Waals surface area contributed by atoms with Gasteiger partial charge in [-0.2, -0.15) is 0 Å². The Morgan fingerprint density at radius 1 is 1.32 bits per heavy atom. The number of anilines is 1. The van der Waals surface area contributed by atoms with E-state index in [-0.39, 0.29) is 18.2 Å². The number of benzene rings is 1. The van der Waals surface area contributed by atoms with Gasteiger partial charge in [-0.15, -0.1) is 11.6 Å². The van der Waals surface area contributed by atoms with Crippen LogP contribution in [0.15, 0.2) is 24.3 Å². The number of hydrogen-bond donors (Lipinski definition) is 3. The molecule has 0 fully saturated rings. The molecule has 0 spiro atoms. The maximum absolute atomic E-state index is 11.3. The van der Waals surface area contributed by atoms with Crippen LogP contribution in [0.3, 0.4) is 0 Å². The third-order valence-electron chi connectivity index (χ3n) is 2.63. The molecule has 0 aliphatic heterocycles. The van der Waals surface area contributed by atoms with E-state index in [2.05, 4.69) is 21.2 Å². The molecule has 1 aromatic rings. The van der Waals surface area contributed by atoms with Gasteiger partial charge in [0, 0.05) is 23.3 Å². The van der Waals surface area contributed by atoms with Crippen molar-refractivity contribution in [1.29, 1.82) is 0 Å². The van der Waals surface area contributed by atoms with E-state index in [9.17, 15) is 15.0 Å². The smallest absolute Gasteiger partial charge is 0.225 e. The van der Waals surface area contributed by atoms with Crippen molar-refractivity contribution in [3.05, 3.63) is 29.8 Å². The predicted octanol–water partition coefficient (Wildman–Crippen LogP) is 2.43. The number of alkyl halides is 2. The molecule has 0 bridgehead atoms. The Hall–Kier alpha value is -0.620. The second kappa shape index (κ2) is 8.53. The molecule has 1 amide bonds. The molecule has 0 aromatic heterocycles. The van der Waals surface area contributed by atoms with E-state index in [1.807, 2.05) is 0 Å². The highest BCUT2D eigenvalue weighted by molar-refractivity contribution is 9.09. The van der Waals surface area contributed by atoms with Gasteiger partial charge in [0.2, 0.25) is 5.91 Å². The molecule has 0 heterocycles. The lowest BCUT2D eigenvalue weighted by Gasteiger charge is -2.17. The van der Waals surface area contributed by atoms with Crippen molar-refractivity contribution < 1.29 is 15.0 Å². The van der Waals surface area contributed by atoms with E-state index in [1.54, 1.807) is 24.3 Å². The summed E-state index contributed by atoms with van der Waals surface area (Å²) < 4.78 is 0. The van der Waals surface area contributed by atoms with Gasteiger partial charge in [-0.25, -0.2) is 0 Å². The number of halogens is 2. The first-order valence-corrected chi connectivity index (χ1v) is 7.62. The summed E-state index contributed by atoms with van der Waals surface area (Å²) in [6.45, 7) is 0. The molecule has 4 nitrogen and oxygen atoms in total. The van der Waals surface area contributed by atoms with Gasteiger partial charge in [0.25, 0.3) is 0 Å². The summed E-state index contributed by atoms with van der Waals surface area (Å²) in [7, 11) is 0. The molecule has 19 heavy (non-hydrogen) atoms. The maximum atomic E-state index is 11.3. The van der Waals surface area contributed by atoms with Crippen LogP contribution in [0.4, 0.5) is 5.69 Å². The van der Waals surface area contributed by atoms with E-state index in [1.165, 1.54) is 0 Å². The van der Waals surface area contributed by atoms with Crippen LogP contribution in [0.1, 0.15) is 24.5 Å². The van der Waals surface area contributed by atoms with Crippen LogP contribution in [0.2, 0.25) is 0 Å². The first-order valence-electron chi connectivity index (χ1n) is 5.96. The average molecular weight is 351 g/mol. The zero-order valence-corrected chi connectivity index (χ0v) is 12.7. The minimum Gasteiger partial charge on any atom is -0.390 e. The van der Waals surface area contributed by atoms with Crippen LogP contribution in [-0.4, -0.2) is 33.4 Å². The summed E-state index contributed by atoms with van der Waals surface area (Å²) in [5.74, 6) is 0.129. The molecule has 3 N–H and O–H groups in total. The fourth-order valence-corrected chi connectivity index (χ4v) is 2.21. The fraction of sp³-hybridized carbons (Fsp3) is 0.462. The number of rotatable bonds is 7. The molecular formula is C13H17BrClNO3. The molecule has 0 aliphatic rings. The molecule has 0 saturated carbocycles. The van der Waals surface area contributed by atoms with Gasteiger partial charge < -0.3 is 15.5 Å². The zero-order chi connectivity index (χ0) is 14.3. The molecule has 1 aromatic carbocycles. The predicted molar refractivity (Wildman–Crippen MR) is 79.8 cm³/mol. The first kappa shape index (κ1) is 16.4. The van der Waals surface area contributed by atoms with E-state index >= 15 is 0 Å². The van der Waals surface area contributed by atoms with Crippen LogP contribution in [0, 0.1) is 0 Å². The van der Waals surface area contributed by atoms with Crippen molar-refractivity contribution in [2.75, 3.05) is 16.5 Å². The van der Waals surface area contributed by atoms with Crippen LogP contribution >= 0.6 is 27.5 Å². The molecule has 2 unspecified atom stereocenters. The van der Waals surface area contributed by atoms with Gasteiger partial charge in [-0.1, -0.05) is 28.1 Å². The van der Waals surface area contributed by atoms with Gasteiger partial charge in [0.1, 0.15) is 6.10 Å². The number of aliphatic hydroxyl groups excluding tert-OH is 2. The maximum Gasteiger partial charge on any atom is 0.225 e. The first-order chi connectivity index (χ1) is 9.08. The number of nitrogens with one attached hydrogen (secondary N) is 1. The number of hydrogen-bond acceptors (Lipinski definition) is 3. The van der Waals surface area contributed by atoms with E-state index in [0.29, 0.717) is 23.0 Å². The quantitative estimate of drug-likeness (QED) is 0.662. The highest BCUT2D eigenvalue weighted by atomic mass is 79.9. The van der Waals surface area contributed by atoms with Crippen LogP contribution in [-0.2, 0) is 4.79 Å². The Bertz CT molecular complexity index is 399. The molecular weight excluding hydrogens is 334 g/mol. The third kappa shape index (κ3) is 5.48. The monoisotopic (exact) mass is 349 g/mol. The highest BCUT2D eigenvalue weighted by Crippen LogP contribution is 2.21. The number of carbonyl (C=O) groups excluding carboxylic acids is 1. The number of amides is 1. The zero-order valence-electron chi connectivity index (χ0n) is 10.4. The fourth-order valence-electron chi connectivity index (χ4n) is 1.56. The van der Waals surface area contributed by atoms with Crippen LogP contribution < -0.4 is 5.32 Å². The molecule has 1 rings (SSSR count). The Labute approximate surface area is 125 Å². The highest BCUT2D eigenvalue weighted by Gasteiger charge is 2.17. The van der Waals surface area contributed by atoms with Crippen LogP contribution in [0.25, 0.3) is 0 Å². The van der Waals surface area contributed by atoms with Gasteiger partial charge in [0.05, 0.1) is 6.10 Å². The molecule has 106 valence electrons. The largest absolute Gasteiger partial charge is 0.390 e. The lowest BCUT2D eigenvalue weighted by Crippen LogP contribution is -2.18. The van der Waals surface area contributed by atoms with Crippen LogP contribution in [0.5, 0.6) is 0 Å². The number of carbonyl (C=O) groups is 1. The Balaban J connectivity index is 2.63. The molecule has 2 atom stereocenters.